The standard InChI is InChI=1S/C13H15N3O3S2/c1-3-19-13(18)16-5-4-7-8(6-16)21-11-9(7)10(17)14-12(15-11)20-2/h3-6H2,1-2H3,(H,14,15,17). The van der Waals surface area contributed by atoms with Gasteiger partial charge in [-0.3, -0.25) is 4.79 Å². The molecule has 1 N–H and O–H groups in total. The summed E-state index contributed by atoms with van der Waals surface area (Å²) in [4.78, 5) is 34.7. The van der Waals surface area contributed by atoms with E-state index in [9.17, 15) is 9.59 Å². The molecular formula is C13H15N3O3S2. The molecule has 2 aromatic heterocycles. The Morgan fingerprint density at radius 1 is 1.57 bits per heavy atom. The van der Waals surface area contributed by atoms with Crippen LogP contribution in [0.25, 0.3) is 10.2 Å². The molecule has 0 fully saturated rings. The van der Waals surface area contributed by atoms with Crippen LogP contribution < -0.4 is 5.56 Å². The second kappa shape index (κ2) is 5.69. The third-order valence-corrected chi connectivity index (χ3v) is 5.10. The van der Waals surface area contributed by atoms with Crippen LogP contribution in [0.3, 0.4) is 0 Å². The summed E-state index contributed by atoms with van der Waals surface area (Å²) in [6.07, 6.45) is 2.24. The van der Waals surface area contributed by atoms with Gasteiger partial charge in [-0.2, -0.15) is 0 Å². The Morgan fingerprint density at radius 2 is 2.38 bits per heavy atom. The fourth-order valence-corrected chi connectivity index (χ4v) is 4.12. The first-order valence-electron chi connectivity index (χ1n) is 6.64. The Morgan fingerprint density at radius 3 is 3.10 bits per heavy atom. The number of amides is 1. The number of rotatable bonds is 2. The quantitative estimate of drug-likeness (QED) is 0.677. The van der Waals surface area contributed by atoms with Gasteiger partial charge in [0.15, 0.2) is 5.16 Å². The lowest BCUT2D eigenvalue weighted by molar-refractivity contribution is 0.103. The molecule has 1 aliphatic rings. The van der Waals surface area contributed by atoms with Gasteiger partial charge in [0.25, 0.3) is 5.56 Å². The third-order valence-electron chi connectivity index (χ3n) is 3.41. The zero-order valence-electron chi connectivity index (χ0n) is 11.8. The number of carbonyl (C=O) groups is 1. The van der Waals surface area contributed by atoms with Gasteiger partial charge < -0.3 is 14.6 Å². The van der Waals surface area contributed by atoms with Gasteiger partial charge in [0.05, 0.1) is 18.5 Å². The zero-order valence-corrected chi connectivity index (χ0v) is 13.4. The number of hydrogen-bond donors (Lipinski definition) is 1. The predicted molar refractivity (Wildman–Crippen MR) is 83.2 cm³/mol. The average Bonchev–Trinajstić information content (AvgIpc) is 2.84. The Labute approximate surface area is 129 Å². The molecule has 0 saturated carbocycles. The van der Waals surface area contributed by atoms with Gasteiger partial charge in [-0.1, -0.05) is 11.8 Å². The maximum absolute atomic E-state index is 12.2. The van der Waals surface area contributed by atoms with Gasteiger partial charge in [-0.05, 0) is 25.2 Å². The molecule has 8 heteroatoms. The lowest BCUT2D eigenvalue weighted by Crippen LogP contribution is -2.35. The van der Waals surface area contributed by atoms with Crippen molar-refractivity contribution in [1.29, 1.82) is 0 Å². The van der Waals surface area contributed by atoms with Crippen molar-refractivity contribution in [2.75, 3.05) is 19.4 Å². The van der Waals surface area contributed by atoms with E-state index in [1.54, 1.807) is 11.8 Å². The Kier molecular flexibility index (Phi) is 3.90. The first-order chi connectivity index (χ1) is 10.1. The SMILES string of the molecule is CCOC(=O)N1CCc2c(sc3nc(SC)[nH]c(=O)c23)C1. The fraction of sp³-hybridized carbons (Fsp3) is 0.462. The van der Waals surface area contributed by atoms with E-state index in [1.807, 2.05) is 6.26 Å². The minimum atomic E-state index is -0.299. The molecule has 21 heavy (non-hydrogen) atoms. The van der Waals surface area contributed by atoms with Gasteiger partial charge in [0.2, 0.25) is 0 Å². The van der Waals surface area contributed by atoms with E-state index < -0.39 is 0 Å². The summed E-state index contributed by atoms with van der Waals surface area (Å²) in [6, 6.07) is 0. The van der Waals surface area contributed by atoms with E-state index in [1.165, 1.54) is 23.1 Å². The topological polar surface area (TPSA) is 75.3 Å². The van der Waals surface area contributed by atoms with Crippen molar-refractivity contribution in [2.24, 2.45) is 0 Å². The number of nitrogens with one attached hydrogen (secondary N) is 1. The summed E-state index contributed by atoms with van der Waals surface area (Å²) in [5, 5.41) is 1.30. The van der Waals surface area contributed by atoms with E-state index >= 15 is 0 Å². The third kappa shape index (κ3) is 2.53. The Hall–Kier alpha value is -1.54. The number of nitrogens with zero attached hydrogens (tertiary/aromatic N) is 2. The number of fused-ring (bicyclic) bond motifs is 3. The highest BCUT2D eigenvalue weighted by Crippen LogP contribution is 2.33. The molecule has 0 aromatic carbocycles. The van der Waals surface area contributed by atoms with Crippen molar-refractivity contribution in [1.82, 2.24) is 14.9 Å². The normalized spacial score (nSPS) is 14.3. The molecule has 1 aliphatic heterocycles. The molecule has 0 spiro atoms. The summed E-state index contributed by atoms with van der Waals surface area (Å²) in [6.45, 7) is 3.22. The smallest absolute Gasteiger partial charge is 0.410 e. The highest BCUT2D eigenvalue weighted by atomic mass is 32.2. The van der Waals surface area contributed by atoms with Gasteiger partial charge in [-0.15, -0.1) is 11.3 Å². The average molecular weight is 325 g/mol. The minimum absolute atomic E-state index is 0.0913. The predicted octanol–water partition coefficient (Wildman–Crippen LogP) is 2.22. The fourth-order valence-electron chi connectivity index (χ4n) is 2.45. The van der Waals surface area contributed by atoms with Crippen molar-refractivity contribution in [3.63, 3.8) is 0 Å². The monoisotopic (exact) mass is 325 g/mol. The van der Waals surface area contributed by atoms with Crippen molar-refractivity contribution >= 4 is 39.4 Å². The van der Waals surface area contributed by atoms with E-state index in [0.717, 1.165) is 15.3 Å². The Balaban J connectivity index is 2.00. The number of thioether (sulfide) groups is 1. The van der Waals surface area contributed by atoms with Crippen molar-refractivity contribution in [3.8, 4) is 0 Å². The lowest BCUT2D eigenvalue weighted by Gasteiger charge is -2.25. The molecule has 2 aromatic rings. The van der Waals surface area contributed by atoms with Crippen LogP contribution in [0.5, 0.6) is 0 Å². The molecule has 1 amide bonds. The van der Waals surface area contributed by atoms with Crippen molar-refractivity contribution < 1.29 is 9.53 Å². The van der Waals surface area contributed by atoms with Crippen LogP contribution in [-0.2, 0) is 17.7 Å². The highest BCUT2D eigenvalue weighted by Gasteiger charge is 2.26. The van der Waals surface area contributed by atoms with Gasteiger partial charge in [0, 0.05) is 11.4 Å². The number of aromatic nitrogens is 2. The summed E-state index contributed by atoms with van der Waals surface area (Å²) < 4.78 is 5.04. The van der Waals surface area contributed by atoms with Crippen LogP contribution in [0.4, 0.5) is 4.79 Å². The number of ether oxygens (including phenoxy) is 1. The number of hydrogen-bond acceptors (Lipinski definition) is 6. The van der Waals surface area contributed by atoms with E-state index in [-0.39, 0.29) is 11.7 Å². The highest BCUT2D eigenvalue weighted by molar-refractivity contribution is 7.98. The molecule has 0 atom stereocenters. The number of H-pyrrole nitrogens is 1. The van der Waals surface area contributed by atoms with E-state index in [4.69, 9.17) is 4.74 Å². The lowest BCUT2D eigenvalue weighted by atomic mass is 10.1. The van der Waals surface area contributed by atoms with Gasteiger partial charge in [-0.25, -0.2) is 9.78 Å². The number of aromatic amines is 1. The van der Waals surface area contributed by atoms with Crippen molar-refractivity contribution in [3.05, 3.63) is 20.8 Å². The summed E-state index contributed by atoms with van der Waals surface area (Å²) in [5.41, 5.74) is 0.934. The largest absolute Gasteiger partial charge is 0.450 e. The number of carbonyl (C=O) groups excluding carboxylic acids is 1. The van der Waals surface area contributed by atoms with Gasteiger partial charge in [0.1, 0.15) is 4.83 Å². The maximum atomic E-state index is 12.2. The molecule has 3 heterocycles. The molecule has 0 aliphatic carbocycles. The molecule has 3 rings (SSSR count). The second-order valence-corrected chi connectivity index (χ2v) is 6.51. The van der Waals surface area contributed by atoms with Crippen LogP contribution in [0.2, 0.25) is 0 Å². The first-order valence-corrected chi connectivity index (χ1v) is 8.68. The van der Waals surface area contributed by atoms with E-state index in [2.05, 4.69) is 9.97 Å². The summed E-state index contributed by atoms with van der Waals surface area (Å²) >= 11 is 2.90. The zero-order chi connectivity index (χ0) is 15.0. The molecule has 0 bridgehead atoms. The molecule has 0 saturated heterocycles. The minimum Gasteiger partial charge on any atom is -0.450 e. The molecule has 0 radical (unpaired) electrons. The molecular weight excluding hydrogens is 310 g/mol. The van der Waals surface area contributed by atoms with Gasteiger partial charge >= 0.3 is 6.09 Å². The Bertz CT molecular complexity index is 753. The van der Waals surface area contributed by atoms with Crippen molar-refractivity contribution in [2.45, 2.75) is 25.0 Å². The van der Waals surface area contributed by atoms with Crippen LogP contribution in [0.1, 0.15) is 17.4 Å². The molecule has 112 valence electrons. The second-order valence-electron chi connectivity index (χ2n) is 4.63. The van der Waals surface area contributed by atoms with Crippen LogP contribution >= 0.6 is 23.1 Å². The number of thiophene rings is 1. The van der Waals surface area contributed by atoms with Crippen LogP contribution in [-0.4, -0.2) is 40.4 Å². The van der Waals surface area contributed by atoms with E-state index in [0.29, 0.717) is 36.7 Å². The summed E-state index contributed by atoms with van der Waals surface area (Å²) in [7, 11) is 0. The maximum Gasteiger partial charge on any atom is 0.410 e. The summed E-state index contributed by atoms with van der Waals surface area (Å²) in [5.74, 6) is 0. The molecule has 0 unspecified atom stereocenters. The molecule has 6 nitrogen and oxygen atoms in total. The first kappa shape index (κ1) is 14.4. The van der Waals surface area contributed by atoms with Crippen LogP contribution in [0.15, 0.2) is 9.95 Å². The van der Waals surface area contributed by atoms with Crippen LogP contribution in [0, 0.1) is 0 Å².